The molecule has 0 aliphatic carbocycles. The Morgan fingerprint density at radius 1 is 0.826 bits per heavy atom. The highest BCUT2D eigenvalue weighted by atomic mass is 31.2. The molecule has 0 aromatic carbocycles. The third kappa shape index (κ3) is 17.5. The van der Waals surface area contributed by atoms with Crippen molar-refractivity contribution in [2.75, 3.05) is 13.3 Å². The molecule has 0 radical (unpaired) electrons. The number of rotatable bonds is 15. The second-order valence-electron chi connectivity index (χ2n) is 5.70. The van der Waals surface area contributed by atoms with Gasteiger partial charge in [-0.3, -0.25) is 4.57 Å². The number of hydrogen-bond donors (Lipinski definition) is 0. The van der Waals surface area contributed by atoms with E-state index in [1.54, 1.807) is 0 Å². The van der Waals surface area contributed by atoms with Crippen molar-refractivity contribution in [3.8, 4) is 0 Å². The molecule has 23 heavy (non-hydrogen) atoms. The van der Waals surface area contributed by atoms with Gasteiger partial charge >= 0.3 is 7.68 Å². The van der Waals surface area contributed by atoms with Crippen molar-refractivity contribution >= 4 is 7.68 Å². The molecule has 0 aliphatic heterocycles. The minimum Gasteiger partial charge on any atom is -0.309 e. The minimum absolute atomic E-state index is 0.0635. The smallest absolute Gasteiger partial charge is 0.309 e. The number of hydrogen-bond acceptors (Lipinski definition) is 2. The van der Waals surface area contributed by atoms with Crippen molar-refractivity contribution in [2.45, 2.75) is 71.1 Å². The van der Waals surface area contributed by atoms with E-state index in [1.807, 2.05) is 0 Å². The van der Waals surface area contributed by atoms with Crippen LogP contribution in [0.15, 0.2) is 36.5 Å². The summed E-state index contributed by atoms with van der Waals surface area (Å²) >= 11 is 0. The number of halogens is 1. The monoisotopic (exact) mass is 344 g/mol. The van der Waals surface area contributed by atoms with E-state index in [9.17, 15) is 8.76 Å². The summed E-state index contributed by atoms with van der Waals surface area (Å²) in [6.07, 6.45) is 23.9. The lowest BCUT2D eigenvalue weighted by Gasteiger charge is -2.05. The highest BCUT2D eigenvalue weighted by Crippen LogP contribution is 2.48. The van der Waals surface area contributed by atoms with E-state index in [0.717, 1.165) is 38.5 Å². The van der Waals surface area contributed by atoms with Crippen LogP contribution in [-0.4, -0.2) is 13.3 Å². The number of unbranched alkanes of at least 4 members (excludes halogenated alkanes) is 6. The zero-order valence-corrected chi connectivity index (χ0v) is 15.8. The molecular formula is C19H34FO2P. The molecule has 2 nitrogen and oxygen atoms in total. The van der Waals surface area contributed by atoms with Gasteiger partial charge in [-0.2, -0.15) is 4.20 Å². The fourth-order valence-corrected chi connectivity index (χ4v) is 2.97. The molecular weight excluding hydrogens is 310 g/mol. The summed E-state index contributed by atoms with van der Waals surface area (Å²) in [4.78, 5) is 0. The Kier molecular flexibility index (Phi) is 15.7. The predicted molar refractivity (Wildman–Crippen MR) is 99.9 cm³/mol. The summed E-state index contributed by atoms with van der Waals surface area (Å²) in [7, 11) is -2.61. The van der Waals surface area contributed by atoms with Crippen LogP contribution in [0.3, 0.4) is 0 Å². The fraction of sp³-hybridized carbons (Fsp3) is 0.684. The fourth-order valence-electron chi connectivity index (χ4n) is 2.19. The third-order valence-electron chi connectivity index (χ3n) is 3.60. The molecule has 0 N–H and O–H groups in total. The minimum atomic E-state index is -3.78. The molecule has 1 atom stereocenters. The molecule has 0 heterocycles. The van der Waals surface area contributed by atoms with Crippen LogP contribution in [0.5, 0.6) is 0 Å². The first-order chi connectivity index (χ1) is 11.1. The van der Waals surface area contributed by atoms with Crippen LogP contribution in [0.2, 0.25) is 0 Å². The summed E-state index contributed by atoms with van der Waals surface area (Å²) in [5.41, 5.74) is 0. The van der Waals surface area contributed by atoms with Crippen molar-refractivity contribution in [2.24, 2.45) is 0 Å². The molecule has 0 fully saturated rings. The second kappa shape index (κ2) is 16.2. The summed E-state index contributed by atoms with van der Waals surface area (Å²) in [5.74, 6) is 0. The van der Waals surface area contributed by atoms with E-state index in [4.69, 9.17) is 0 Å². The van der Waals surface area contributed by atoms with Gasteiger partial charge in [0.2, 0.25) is 0 Å². The van der Waals surface area contributed by atoms with Crippen LogP contribution < -0.4 is 0 Å². The van der Waals surface area contributed by atoms with E-state index >= 15 is 0 Å². The van der Waals surface area contributed by atoms with E-state index in [2.05, 4.69) is 47.9 Å². The zero-order chi connectivity index (χ0) is 17.2. The Morgan fingerprint density at radius 3 is 1.96 bits per heavy atom. The normalized spacial score (nSPS) is 15.1. The van der Waals surface area contributed by atoms with Crippen molar-refractivity contribution < 1.29 is 13.3 Å². The molecule has 0 saturated heterocycles. The van der Waals surface area contributed by atoms with Crippen LogP contribution in [0.4, 0.5) is 4.20 Å². The Balaban J connectivity index is 3.31. The number of allylic oxidation sites excluding steroid dienone is 6. The van der Waals surface area contributed by atoms with Gasteiger partial charge in [-0.05, 0) is 38.5 Å². The lowest BCUT2D eigenvalue weighted by molar-refractivity contribution is 0.354. The lowest BCUT2D eigenvalue weighted by Crippen LogP contribution is -1.88. The highest BCUT2D eigenvalue weighted by Gasteiger charge is 2.18. The topological polar surface area (TPSA) is 26.3 Å². The van der Waals surface area contributed by atoms with Crippen LogP contribution in [0, 0.1) is 0 Å². The molecule has 4 heteroatoms. The van der Waals surface area contributed by atoms with Gasteiger partial charge in [-0.1, -0.05) is 69.1 Å². The molecule has 0 spiro atoms. The van der Waals surface area contributed by atoms with Gasteiger partial charge in [0, 0.05) is 7.11 Å². The first kappa shape index (κ1) is 22.3. The SMILES string of the molecule is CCC=CCC=CCC=CCCCCCCCCP(=O)(F)OC. The average molecular weight is 344 g/mol. The summed E-state index contributed by atoms with van der Waals surface area (Å²) < 4.78 is 28.4. The molecule has 1 unspecified atom stereocenters. The van der Waals surface area contributed by atoms with Crippen LogP contribution in [-0.2, 0) is 9.09 Å². The summed E-state index contributed by atoms with van der Waals surface area (Å²) in [5, 5.41) is 0. The van der Waals surface area contributed by atoms with E-state index in [0.29, 0.717) is 6.42 Å². The maximum absolute atomic E-state index is 13.0. The van der Waals surface area contributed by atoms with Gasteiger partial charge in [-0.15, -0.1) is 0 Å². The molecule has 0 amide bonds. The van der Waals surface area contributed by atoms with Gasteiger partial charge in [0.1, 0.15) is 0 Å². The van der Waals surface area contributed by atoms with Gasteiger partial charge in [0.15, 0.2) is 0 Å². The first-order valence-corrected chi connectivity index (χ1v) is 10.6. The van der Waals surface area contributed by atoms with Crippen molar-refractivity contribution in [1.82, 2.24) is 0 Å². The van der Waals surface area contributed by atoms with Crippen molar-refractivity contribution in [3.63, 3.8) is 0 Å². The van der Waals surface area contributed by atoms with E-state index < -0.39 is 7.68 Å². The second-order valence-corrected chi connectivity index (χ2v) is 7.69. The highest BCUT2D eigenvalue weighted by molar-refractivity contribution is 7.53. The lowest BCUT2D eigenvalue weighted by atomic mass is 10.1. The molecule has 0 rings (SSSR count). The van der Waals surface area contributed by atoms with Crippen LogP contribution in [0.1, 0.15) is 71.1 Å². The summed E-state index contributed by atoms with van der Waals surface area (Å²) in [6.45, 7) is 2.15. The largest absolute Gasteiger partial charge is 0.367 e. The quantitative estimate of drug-likeness (QED) is 0.176. The molecule has 0 aliphatic rings. The van der Waals surface area contributed by atoms with Gasteiger partial charge in [0.05, 0.1) is 6.16 Å². The van der Waals surface area contributed by atoms with Gasteiger partial charge < -0.3 is 4.52 Å². The van der Waals surface area contributed by atoms with Gasteiger partial charge in [0.25, 0.3) is 0 Å². The average Bonchev–Trinajstić information content (AvgIpc) is 2.54. The Labute approximate surface area is 142 Å². The Bertz CT molecular complexity index is 389. The molecule has 0 bridgehead atoms. The maximum atomic E-state index is 13.0. The molecule has 0 aromatic rings. The summed E-state index contributed by atoms with van der Waals surface area (Å²) in [6, 6.07) is 0. The predicted octanol–water partition coefficient (Wildman–Crippen LogP) is 7.38. The van der Waals surface area contributed by atoms with Gasteiger partial charge in [-0.25, -0.2) is 0 Å². The standard InChI is InChI=1S/C19H34FO2P/c1-3-4-5-6-7-8-9-10-11-12-13-14-15-16-17-18-19-23(20,21)22-2/h4-5,7-8,10-11H,3,6,9,12-19H2,1-2H3. The Morgan fingerprint density at radius 2 is 1.35 bits per heavy atom. The maximum Gasteiger partial charge on any atom is 0.367 e. The third-order valence-corrected chi connectivity index (χ3v) is 4.99. The molecule has 134 valence electrons. The molecule has 0 aromatic heterocycles. The zero-order valence-electron chi connectivity index (χ0n) is 14.9. The first-order valence-electron chi connectivity index (χ1n) is 8.92. The van der Waals surface area contributed by atoms with Crippen molar-refractivity contribution in [3.05, 3.63) is 36.5 Å². The van der Waals surface area contributed by atoms with E-state index in [-0.39, 0.29) is 6.16 Å². The Hall–Kier alpha value is -0.660. The van der Waals surface area contributed by atoms with Crippen LogP contribution >= 0.6 is 7.68 Å². The van der Waals surface area contributed by atoms with Crippen LogP contribution in [0.25, 0.3) is 0 Å². The van der Waals surface area contributed by atoms with Crippen molar-refractivity contribution in [1.29, 1.82) is 0 Å². The molecule has 0 saturated carbocycles. The van der Waals surface area contributed by atoms with E-state index in [1.165, 1.54) is 26.4 Å².